The first-order chi connectivity index (χ1) is 6.86. The summed E-state index contributed by atoms with van der Waals surface area (Å²) in [6, 6.07) is 4.40. The number of nitrogens with zero attached hydrogens (tertiary/aromatic N) is 1. The van der Waals surface area contributed by atoms with Crippen molar-refractivity contribution in [1.82, 2.24) is 10.3 Å². The lowest BCUT2D eigenvalue weighted by atomic mass is 10.1. The molecule has 1 atom stereocenters. The average molecular weight is 188 g/mol. The van der Waals surface area contributed by atoms with Crippen molar-refractivity contribution in [3.05, 3.63) is 30.1 Å². The van der Waals surface area contributed by atoms with Gasteiger partial charge in [-0.15, -0.1) is 12.3 Å². The summed E-state index contributed by atoms with van der Waals surface area (Å²) in [5.74, 6) is 2.69. The number of rotatable bonds is 5. The lowest BCUT2D eigenvalue weighted by Gasteiger charge is -2.14. The van der Waals surface area contributed by atoms with Crippen molar-refractivity contribution < 1.29 is 0 Å². The van der Waals surface area contributed by atoms with Gasteiger partial charge in [-0.1, -0.05) is 13.0 Å². The molecule has 0 aromatic carbocycles. The van der Waals surface area contributed by atoms with Crippen molar-refractivity contribution in [3.8, 4) is 12.3 Å². The maximum Gasteiger partial charge on any atom is 0.0300 e. The van der Waals surface area contributed by atoms with E-state index in [-0.39, 0.29) is 0 Å². The third kappa shape index (κ3) is 3.59. The molecule has 0 amide bonds. The molecule has 0 bridgehead atoms. The van der Waals surface area contributed by atoms with E-state index in [9.17, 15) is 0 Å². The summed E-state index contributed by atoms with van der Waals surface area (Å²) in [6.45, 7) is 3.04. The number of aromatic nitrogens is 1. The fourth-order valence-corrected chi connectivity index (χ4v) is 1.45. The van der Waals surface area contributed by atoms with Crippen LogP contribution >= 0.6 is 0 Å². The first-order valence-electron chi connectivity index (χ1n) is 4.92. The molecule has 0 spiro atoms. The zero-order chi connectivity index (χ0) is 10.2. The quantitative estimate of drug-likeness (QED) is 0.710. The van der Waals surface area contributed by atoms with Crippen molar-refractivity contribution >= 4 is 0 Å². The monoisotopic (exact) mass is 188 g/mol. The molecule has 2 heteroatoms. The summed E-state index contributed by atoms with van der Waals surface area (Å²) in [5.41, 5.74) is 1.23. The third-order valence-electron chi connectivity index (χ3n) is 2.06. The van der Waals surface area contributed by atoms with Crippen LogP contribution < -0.4 is 5.32 Å². The molecule has 1 heterocycles. The lowest BCUT2D eigenvalue weighted by Crippen LogP contribution is -2.30. The zero-order valence-corrected chi connectivity index (χ0v) is 8.53. The van der Waals surface area contributed by atoms with E-state index < -0.39 is 0 Å². The van der Waals surface area contributed by atoms with E-state index in [1.54, 1.807) is 6.20 Å². The van der Waals surface area contributed by atoms with Crippen molar-refractivity contribution in [2.75, 3.05) is 6.54 Å². The molecule has 2 nitrogen and oxygen atoms in total. The summed E-state index contributed by atoms with van der Waals surface area (Å²) in [7, 11) is 0. The Labute approximate surface area is 85.8 Å². The molecule has 0 saturated carbocycles. The first-order valence-corrected chi connectivity index (χ1v) is 4.92. The standard InChI is InChI=1S/C12H16N2/c1-3-6-12(14-4-2)9-11-7-5-8-13-10-11/h1,5,7-8,10,12,14H,4,6,9H2,2H3. The highest BCUT2D eigenvalue weighted by Gasteiger charge is 2.06. The second-order valence-corrected chi connectivity index (χ2v) is 3.23. The van der Waals surface area contributed by atoms with Gasteiger partial charge in [0.05, 0.1) is 0 Å². The second kappa shape index (κ2) is 6.17. The summed E-state index contributed by atoms with van der Waals surface area (Å²) >= 11 is 0. The maximum atomic E-state index is 5.31. The van der Waals surface area contributed by atoms with Gasteiger partial charge in [0.15, 0.2) is 0 Å². The highest BCUT2D eigenvalue weighted by atomic mass is 14.9. The normalized spacial score (nSPS) is 12.0. The summed E-state index contributed by atoms with van der Waals surface area (Å²) < 4.78 is 0. The Kier molecular flexibility index (Phi) is 4.74. The van der Waals surface area contributed by atoms with Crippen LogP contribution in [0.4, 0.5) is 0 Å². The second-order valence-electron chi connectivity index (χ2n) is 3.23. The van der Waals surface area contributed by atoms with Crippen LogP contribution in [0.15, 0.2) is 24.5 Å². The van der Waals surface area contributed by atoms with Crippen LogP contribution in [0.25, 0.3) is 0 Å². The van der Waals surface area contributed by atoms with Gasteiger partial charge >= 0.3 is 0 Å². The summed E-state index contributed by atoms with van der Waals surface area (Å²) in [5, 5.41) is 3.36. The van der Waals surface area contributed by atoms with Gasteiger partial charge < -0.3 is 5.32 Å². The molecule has 74 valence electrons. The number of nitrogens with one attached hydrogen (secondary N) is 1. The van der Waals surface area contributed by atoms with Gasteiger partial charge in [-0.05, 0) is 24.6 Å². The highest BCUT2D eigenvalue weighted by molar-refractivity contribution is 5.11. The van der Waals surface area contributed by atoms with Crippen LogP contribution in [0.5, 0.6) is 0 Å². The smallest absolute Gasteiger partial charge is 0.0300 e. The SMILES string of the molecule is C#CCC(Cc1cccnc1)NCC. The Morgan fingerprint density at radius 1 is 1.64 bits per heavy atom. The van der Waals surface area contributed by atoms with Crippen molar-refractivity contribution in [2.45, 2.75) is 25.8 Å². The Morgan fingerprint density at radius 3 is 3.07 bits per heavy atom. The third-order valence-corrected chi connectivity index (χ3v) is 2.06. The fraction of sp³-hybridized carbons (Fsp3) is 0.417. The van der Waals surface area contributed by atoms with Crippen molar-refractivity contribution in [2.24, 2.45) is 0 Å². The van der Waals surface area contributed by atoms with E-state index in [2.05, 4.69) is 29.2 Å². The molecule has 0 aliphatic carbocycles. The van der Waals surface area contributed by atoms with Crippen LogP contribution in [-0.2, 0) is 6.42 Å². The Morgan fingerprint density at radius 2 is 2.50 bits per heavy atom. The molecule has 0 fully saturated rings. The van der Waals surface area contributed by atoms with Gasteiger partial charge in [0.1, 0.15) is 0 Å². The minimum Gasteiger partial charge on any atom is -0.313 e. The highest BCUT2D eigenvalue weighted by Crippen LogP contribution is 2.03. The van der Waals surface area contributed by atoms with E-state index in [1.807, 2.05) is 12.3 Å². The molecule has 0 aliphatic rings. The Balaban J connectivity index is 2.52. The van der Waals surface area contributed by atoms with Crippen LogP contribution in [-0.4, -0.2) is 17.6 Å². The topological polar surface area (TPSA) is 24.9 Å². The molecule has 1 aromatic heterocycles. The molecule has 1 rings (SSSR count). The molecular weight excluding hydrogens is 172 g/mol. The number of likely N-dealkylation sites (N-methyl/N-ethyl adjacent to an activating group) is 1. The molecule has 0 aliphatic heterocycles. The number of terminal acetylenes is 1. The predicted molar refractivity (Wildman–Crippen MR) is 58.9 cm³/mol. The number of hydrogen-bond acceptors (Lipinski definition) is 2. The molecule has 0 saturated heterocycles. The molecule has 1 unspecified atom stereocenters. The van der Waals surface area contributed by atoms with Gasteiger partial charge in [0, 0.05) is 24.9 Å². The maximum absolute atomic E-state index is 5.31. The average Bonchev–Trinajstić information content (AvgIpc) is 2.20. The van der Waals surface area contributed by atoms with Crippen molar-refractivity contribution in [1.29, 1.82) is 0 Å². The van der Waals surface area contributed by atoms with E-state index in [0.717, 1.165) is 19.4 Å². The molecule has 14 heavy (non-hydrogen) atoms. The minimum absolute atomic E-state index is 0.370. The van der Waals surface area contributed by atoms with Crippen LogP contribution in [0, 0.1) is 12.3 Å². The van der Waals surface area contributed by atoms with Crippen LogP contribution in [0.2, 0.25) is 0 Å². The van der Waals surface area contributed by atoms with E-state index >= 15 is 0 Å². The molecule has 1 aromatic rings. The Hall–Kier alpha value is -1.33. The van der Waals surface area contributed by atoms with Crippen LogP contribution in [0.1, 0.15) is 18.9 Å². The molecular formula is C12H16N2. The molecule has 1 N–H and O–H groups in total. The lowest BCUT2D eigenvalue weighted by molar-refractivity contribution is 0.534. The Bertz CT molecular complexity index is 287. The number of hydrogen-bond donors (Lipinski definition) is 1. The molecule has 0 radical (unpaired) electrons. The predicted octanol–water partition coefficient (Wildman–Crippen LogP) is 1.63. The largest absolute Gasteiger partial charge is 0.313 e. The number of pyridine rings is 1. The minimum atomic E-state index is 0.370. The first kappa shape index (κ1) is 10.7. The van der Waals surface area contributed by atoms with Gasteiger partial charge in [-0.25, -0.2) is 0 Å². The van der Waals surface area contributed by atoms with Gasteiger partial charge in [0.2, 0.25) is 0 Å². The van der Waals surface area contributed by atoms with Gasteiger partial charge in [-0.3, -0.25) is 4.98 Å². The van der Waals surface area contributed by atoms with E-state index in [1.165, 1.54) is 5.56 Å². The summed E-state index contributed by atoms with van der Waals surface area (Å²) in [6.07, 6.45) is 10.7. The van der Waals surface area contributed by atoms with Gasteiger partial charge in [0.25, 0.3) is 0 Å². The zero-order valence-electron chi connectivity index (χ0n) is 8.53. The fourth-order valence-electron chi connectivity index (χ4n) is 1.45. The van der Waals surface area contributed by atoms with Gasteiger partial charge in [-0.2, -0.15) is 0 Å². The van der Waals surface area contributed by atoms with Crippen LogP contribution in [0.3, 0.4) is 0 Å². The van der Waals surface area contributed by atoms with Crippen molar-refractivity contribution in [3.63, 3.8) is 0 Å². The summed E-state index contributed by atoms with van der Waals surface area (Å²) in [4.78, 5) is 4.08. The van der Waals surface area contributed by atoms with E-state index in [4.69, 9.17) is 6.42 Å². The van der Waals surface area contributed by atoms with E-state index in [0.29, 0.717) is 6.04 Å².